The lowest BCUT2D eigenvalue weighted by Gasteiger charge is -2.25. The summed E-state index contributed by atoms with van der Waals surface area (Å²) < 4.78 is 1.83. The Bertz CT molecular complexity index is 293. The van der Waals surface area contributed by atoms with Crippen LogP contribution in [-0.4, -0.2) is 20.2 Å². The maximum atomic E-state index is 5.99. The van der Waals surface area contributed by atoms with Gasteiger partial charge in [-0.15, -0.1) is 16.7 Å². The molecule has 80 valence electrons. The van der Waals surface area contributed by atoms with Gasteiger partial charge in [0.2, 0.25) is 0 Å². The average Bonchev–Trinajstić information content (AvgIpc) is 2.51. The Balaban J connectivity index is 2.99. The van der Waals surface area contributed by atoms with Gasteiger partial charge in [0.15, 0.2) is 5.82 Å². The fourth-order valence-corrected chi connectivity index (χ4v) is 1.73. The van der Waals surface area contributed by atoms with Crippen LogP contribution in [0.3, 0.4) is 0 Å². The van der Waals surface area contributed by atoms with Crippen LogP contribution in [-0.2, 0) is 5.54 Å². The third-order valence-electron chi connectivity index (χ3n) is 2.28. The van der Waals surface area contributed by atoms with E-state index in [1.54, 1.807) is 0 Å². The van der Waals surface area contributed by atoms with E-state index in [9.17, 15) is 0 Å². The number of tetrazole rings is 1. The van der Waals surface area contributed by atoms with Crippen molar-refractivity contribution in [3.05, 3.63) is 5.82 Å². The van der Waals surface area contributed by atoms with E-state index in [4.69, 9.17) is 11.6 Å². The molecule has 1 aromatic heterocycles. The second kappa shape index (κ2) is 4.26. The van der Waals surface area contributed by atoms with Crippen molar-refractivity contribution in [2.24, 2.45) is 0 Å². The molecular formula is C9H17ClN4. The molecule has 4 nitrogen and oxygen atoms in total. The molecule has 0 aromatic carbocycles. The van der Waals surface area contributed by atoms with Crippen LogP contribution in [0.2, 0.25) is 0 Å². The predicted octanol–water partition coefficient (Wildman–Crippen LogP) is 2.51. The summed E-state index contributed by atoms with van der Waals surface area (Å²) in [5.74, 6) is 0.741. The van der Waals surface area contributed by atoms with Crippen LogP contribution in [0.1, 0.15) is 51.7 Å². The molecule has 0 bridgehead atoms. The topological polar surface area (TPSA) is 43.6 Å². The molecule has 0 aliphatic carbocycles. The SMILES string of the molecule is CCCC(C)(C)n1nnnc1C(C)Cl. The maximum Gasteiger partial charge on any atom is 0.169 e. The van der Waals surface area contributed by atoms with Crippen LogP contribution in [0.25, 0.3) is 0 Å². The number of hydrogen-bond acceptors (Lipinski definition) is 3. The van der Waals surface area contributed by atoms with Crippen molar-refractivity contribution < 1.29 is 0 Å². The predicted molar refractivity (Wildman–Crippen MR) is 56.3 cm³/mol. The standard InChI is InChI=1S/C9H17ClN4/c1-5-6-9(3,4)14-8(7(2)10)11-12-13-14/h7H,5-6H2,1-4H3. The molecule has 0 spiro atoms. The summed E-state index contributed by atoms with van der Waals surface area (Å²) in [6, 6.07) is 0. The summed E-state index contributed by atoms with van der Waals surface area (Å²) >= 11 is 5.99. The first-order chi connectivity index (χ1) is 6.49. The van der Waals surface area contributed by atoms with Gasteiger partial charge in [-0.05, 0) is 37.6 Å². The average molecular weight is 217 g/mol. The van der Waals surface area contributed by atoms with Crippen LogP contribution in [0.4, 0.5) is 0 Å². The lowest BCUT2D eigenvalue weighted by atomic mass is 9.99. The number of nitrogens with zero attached hydrogens (tertiary/aromatic N) is 4. The summed E-state index contributed by atoms with van der Waals surface area (Å²) in [6.07, 6.45) is 2.14. The van der Waals surface area contributed by atoms with E-state index in [0.717, 1.165) is 18.7 Å². The third kappa shape index (κ3) is 2.23. The van der Waals surface area contributed by atoms with E-state index in [1.807, 2.05) is 11.6 Å². The van der Waals surface area contributed by atoms with Crippen molar-refractivity contribution in [2.75, 3.05) is 0 Å². The van der Waals surface area contributed by atoms with Crippen LogP contribution in [0.5, 0.6) is 0 Å². The first-order valence-electron chi connectivity index (χ1n) is 4.92. The molecule has 0 radical (unpaired) electrons. The van der Waals surface area contributed by atoms with Gasteiger partial charge in [0, 0.05) is 0 Å². The Labute approximate surface area is 89.6 Å². The second-order valence-electron chi connectivity index (χ2n) is 4.13. The Hall–Kier alpha value is -0.640. The number of rotatable bonds is 4. The molecular weight excluding hydrogens is 200 g/mol. The number of alkyl halides is 1. The Morgan fingerprint density at radius 2 is 2.14 bits per heavy atom. The first-order valence-corrected chi connectivity index (χ1v) is 5.35. The second-order valence-corrected chi connectivity index (χ2v) is 4.78. The zero-order chi connectivity index (χ0) is 10.8. The van der Waals surface area contributed by atoms with Crippen LogP contribution >= 0.6 is 11.6 Å². The number of hydrogen-bond donors (Lipinski definition) is 0. The van der Waals surface area contributed by atoms with E-state index < -0.39 is 0 Å². The monoisotopic (exact) mass is 216 g/mol. The number of aromatic nitrogens is 4. The van der Waals surface area contributed by atoms with Crippen molar-refractivity contribution in [2.45, 2.75) is 51.5 Å². The highest BCUT2D eigenvalue weighted by Crippen LogP contribution is 2.25. The molecule has 1 atom stereocenters. The van der Waals surface area contributed by atoms with Crippen molar-refractivity contribution >= 4 is 11.6 Å². The molecule has 14 heavy (non-hydrogen) atoms. The van der Waals surface area contributed by atoms with Crippen molar-refractivity contribution in [3.63, 3.8) is 0 Å². The summed E-state index contributed by atoms with van der Waals surface area (Å²) in [6.45, 7) is 8.27. The third-order valence-corrected chi connectivity index (χ3v) is 2.48. The van der Waals surface area contributed by atoms with E-state index >= 15 is 0 Å². The fourth-order valence-electron chi connectivity index (χ4n) is 1.59. The normalized spacial score (nSPS) is 14.4. The van der Waals surface area contributed by atoms with Gasteiger partial charge in [-0.1, -0.05) is 13.3 Å². The summed E-state index contributed by atoms with van der Waals surface area (Å²) in [4.78, 5) is 0. The first kappa shape index (κ1) is 11.4. The minimum absolute atomic E-state index is 0.0588. The van der Waals surface area contributed by atoms with Gasteiger partial charge in [0.1, 0.15) is 0 Å². The van der Waals surface area contributed by atoms with Gasteiger partial charge in [-0.3, -0.25) is 0 Å². The van der Waals surface area contributed by atoms with E-state index in [1.165, 1.54) is 0 Å². The van der Waals surface area contributed by atoms with Crippen molar-refractivity contribution in [1.29, 1.82) is 0 Å². The van der Waals surface area contributed by atoms with Crippen LogP contribution in [0.15, 0.2) is 0 Å². The van der Waals surface area contributed by atoms with Gasteiger partial charge >= 0.3 is 0 Å². The molecule has 1 unspecified atom stereocenters. The molecule has 0 amide bonds. The Morgan fingerprint density at radius 1 is 1.50 bits per heavy atom. The van der Waals surface area contributed by atoms with Crippen LogP contribution < -0.4 is 0 Å². The quantitative estimate of drug-likeness (QED) is 0.727. The highest BCUT2D eigenvalue weighted by molar-refractivity contribution is 6.20. The van der Waals surface area contributed by atoms with E-state index in [-0.39, 0.29) is 10.9 Å². The largest absolute Gasteiger partial charge is 0.223 e. The lowest BCUT2D eigenvalue weighted by Crippen LogP contribution is -2.29. The zero-order valence-electron chi connectivity index (χ0n) is 9.16. The molecule has 0 saturated heterocycles. The molecule has 1 aromatic rings. The molecule has 5 heteroatoms. The van der Waals surface area contributed by atoms with Crippen molar-refractivity contribution in [1.82, 2.24) is 20.2 Å². The summed E-state index contributed by atoms with van der Waals surface area (Å²) in [7, 11) is 0. The summed E-state index contributed by atoms with van der Waals surface area (Å²) in [5, 5.41) is 11.5. The van der Waals surface area contributed by atoms with Crippen LogP contribution in [0, 0.1) is 0 Å². The molecule has 1 heterocycles. The smallest absolute Gasteiger partial charge is 0.169 e. The number of halogens is 1. The Morgan fingerprint density at radius 3 is 2.64 bits per heavy atom. The van der Waals surface area contributed by atoms with Crippen molar-refractivity contribution in [3.8, 4) is 0 Å². The fraction of sp³-hybridized carbons (Fsp3) is 0.889. The zero-order valence-corrected chi connectivity index (χ0v) is 9.91. The van der Waals surface area contributed by atoms with Gasteiger partial charge in [0.05, 0.1) is 10.9 Å². The molecule has 0 fully saturated rings. The maximum absolute atomic E-state index is 5.99. The van der Waals surface area contributed by atoms with Gasteiger partial charge < -0.3 is 0 Å². The Kier molecular flexibility index (Phi) is 3.48. The summed E-state index contributed by atoms with van der Waals surface area (Å²) in [5.41, 5.74) is -0.0588. The van der Waals surface area contributed by atoms with Gasteiger partial charge in [-0.2, -0.15) is 0 Å². The highest BCUT2D eigenvalue weighted by atomic mass is 35.5. The molecule has 0 N–H and O–H groups in total. The van der Waals surface area contributed by atoms with E-state index in [2.05, 4.69) is 36.3 Å². The molecule has 0 aliphatic heterocycles. The van der Waals surface area contributed by atoms with Gasteiger partial charge in [-0.25, -0.2) is 4.68 Å². The molecule has 0 aliphatic rings. The molecule has 0 saturated carbocycles. The van der Waals surface area contributed by atoms with Gasteiger partial charge in [0.25, 0.3) is 0 Å². The minimum atomic E-state index is -0.152. The molecule has 1 rings (SSSR count). The van der Waals surface area contributed by atoms with E-state index in [0.29, 0.717) is 0 Å². The lowest BCUT2D eigenvalue weighted by molar-refractivity contribution is 0.277. The highest BCUT2D eigenvalue weighted by Gasteiger charge is 2.25. The minimum Gasteiger partial charge on any atom is -0.223 e.